The number of hydrogen-bond donors (Lipinski definition) is 2. The Morgan fingerprint density at radius 2 is 1.97 bits per heavy atom. The van der Waals surface area contributed by atoms with E-state index in [0.717, 1.165) is 37.9 Å². The summed E-state index contributed by atoms with van der Waals surface area (Å²) in [4.78, 5) is 31.1. The number of aromatic nitrogens is 1. The molecule has 1 fully saturated rings. The number of piperidine rings is 1. The lowest BCUT2D eigenvalue weighted by atomic mass is 10.0. The highest BCUT2D eigenvalue weighted by Gasteiger charge is 2.24. The van der Waals surface area contributed by atoms with Gasteiger partial charge in [-0.1, -0.05) is 0 Å². The first kappa shape index (κ1) is 20.6. The number of nitrogens with two attached hydrogens (primary N) is 1. The monoisotopic (exact) mass is 422 g/mol. The molecule has 2 heterocycles. The molecule has 0 radical (unpaired) electrons. The number of carbonyl (C=O) groups is 2. The zero-order chi connectivity index (χ0) is 22.0. The maximum absolute atomic E-state index is 13.2. The number of oxazole rings is 1. The molecule has 2 amide bonds. The van der Waals surface area contributed by atoms with Crippen molar-refractivity contribution >= 4 is 23.2 Å². The van der Waals surface area contributed by atoms with Crippen LogP contribution < -0.4 is 16.0 Å². The maximum Gasteiger partial charge on any atom is 0.278 e. The summed E-state index contributed by atoms with van der Waals surface area (Å²) >= 11 is 0. The van der Waals surface area contributed by atoms with Crippen LogP contribution in [0.2, 0.25) is 0 Å². The van der Waals surface area contributed by atoms with Gasteiger partial charge in [0.2, 0.25) is 0 Å². The standard InChI is InChI=1S/C23H23FN4O3/c1-14-4-2-3-11-28(14)19-10-9-17(12-18(19)22(25)29)27-23(30)20-21(31-13-26-20)15-5-7-16(24)8-6-15/h5-10,12-14H,2-4,11H2,1H3,(H2,25,29)(H,27,30)/t14-/m0/s1. The predicted octanol–water partition coefficient (Wildman–Crippen LogP) is 4.21. The summed E-state index contributed by atoms with van der Waals surface area (Å²) in [6.45, 7) is 2.98. The lowest BCUT2D eigenvalue weighted by Gasteiger charge is -2.36. The molecule has 8 heteroatoms. The van der Waals surface area contributed by atoms with Gasteiger partial charge in [-0.25, -0.2) is 9.37 Å². The van der Waals surface area contributed by atoms with Crippen molar-refractivity contribution in [1.82, 2.24) is 4.98 Å². The van der Waals surface area contributed by atoms with E-state index in [9.17, 15) is 14.0 Å². The van der Waals surface area contributed by atoms with Gasteiger partial charge in [-0.05, 0) is 68.7 Å². The Morgan fingerprint density at radius 3 is 2.68 bits per heavy atom. The van der Waals surface area contributed by atoms with Crippen molar-refractivity contribution < 1.29 is 18.4 Å². The van der Waals surface area contributed by atoms with E-state index in [2.05, 4.69) is 22.1 Å². The van der Waals surface area contributed by atoms with Crippen LogP contribution in [0.5, 0.6) is 0 Å². The van der Waals surface area contributed by atoms with Crippen molar-refractivity contribution in [2.75, 3.05) is 16.8 Å². The smallest absolute Gasteiger partial charge is 0.278 e. The Bertz CT molecular complexity index is 1110. The number of nitrogens with zero attached hydrogens (tertiary/aromatic N) is 2. The lowest BCUT2D eigenvalue weighted by Crippen LogP contribution is -2.38. The van der Waals surface area contributed by atoms with Crippen molar-refractivity contribution in [3.8, 4) is 11.3 Å². The van der Waals surface area contributed by atoms with E-state index in [4.69, 9.17) is 10.2 Å². The van der Waals surface area contributed by atoms with Gasteiger partial charge in [-0.3, -0.25) is 9.59 Å². The molecule has 3 aromatic rings. The second-order valence-corrected chi connectivity index (χ2v) is 7.63. The van der Waals surface area contributed by atoms with Crippen LogP contribution in [0.1, 0.15) is 47.0 Å². The van der Waals surface area contributed by atoms with Gasteiger partial charge in [0.1, 0.15) is 5.82 Å². The number of halogens is 1. The van der Waals surface area contributed by atoms with Gasteiger partial charge in [-0.2, -0.15) is 0 Å². The number of rotatable bonds is 5. The zero-order valence-electron chi connectivity index (χ0n) is 17.1. The van der Waals surface area contributed by atoms with Gasteiger partial charge in [-0.15, -0.1) is 0 Å². The fourth-order valence-electron chi connectivity index (χ4n) is 3.92. The Hall–Kier alpha value is -3.68. The number of carbonyl (C=O) groups excluding carboxylic acids is 2. The van der Waals surface area contributed by atoms with Crippen LogP contribution in [0.3, 0.4) is 0 Å². The minimum absolute atomic E-state index is 0.0564. The van der Waals surface area contributed by atoms with E-state index in [1.165, 1.54) is 24.3 Å². The highest BCUT2D eigenvalue weighted by atomic mass is 19.1. The molecule has 0 bridgehead atoms. The second kappa shape index (κ2) is 8.59. The topological polar surface area (TPSA) is 101 Å². The van der Waals surface area contributed by atoms with Gasteiger partial charge in [0, 0.05) is 29.5 Å². The van der Waals surface area contributed by atoms with E-state index in [-0.39, 0.29) is 11.5 Å². The fraction of sp³-hybridized carbons (Fsp3) is 0.261. The quantitative estimate of drug-likeness (QED) is 0.641. The Balaban J connectivity index is 1.59. The number of hydrogen-bond acceptors (Lipinski definition) is 5. The summed E-state index contributed by atoms with van der Waals surface area (Å²) in [6.07, 6.45) is 4.42. The first-order chi connectivity index (χ1) is 14.9. The van der Waals surface area contributed by atoms with Crippen molar-refractivity contribution in [2.45, 2.75) is 32.2 Å². The third kappa shape index (κ3) is 4.28. The first-order valence-corrected chi connectivity index (χ1v) is 10.2. The van der Waals surface area contributed by atoms with Crippen LogP contribution in [0.15, 0.2) is 53.3 Å². The molecule has 0 aliphatic carbocycles. The molecule has 3 N–H and O–H groups in total. The summed E-state index contributed by atoms with van der Waals surface area (Å²) in [7, 11) is 0. The first-order valence-electron chi connectivity index (χ1n) is 10.2. The van der Waals surface area contributed by atoms with Gasteiger partial charge < -0.3 is 20.4 Å². The van der Waals surface area contributed by atoms with E-state index in [1.807, 2.05) is 0 Å². The van der Waals surface area contributed by atoms with Crippen molar-refractivity contribution in [3.05, 3.63) is 65.9 Å². The van der Waals surface area contributed by atoms with Gasteiger partial charge in [0.25, 0.3) is 11.8 Å². The molecule has 1 saturated heterocycles. The number of nitrogens with one attached hydrogen (secondary N) is 1. The summed E-state index contributed by atoms with van der Waals surface area (Å²) in [5, 5.41) is 2.74. The molecule has 1 aliphatic rings. The number of amides is 2. The maximum atomic E-state index is 13.2. The third-order valence-corrected chi connectivity index (χ3v) is 5.52. The van der Waals surface area contributed by atoms with Crippen LogP contribution >= 0.6 is 0 Å². The summed E-state index contributed by atoms with van der Waals surface area (Å²) in [6, 6.07) is 11.0. The van der Waals surface area contributed by atoms with Crippen LogP contribution in [0, 0.1) is 5.82 Å². The second-order valence-electron chi connectivity index (χ2n) is 7.63. The molecule has 1 atom stereocenters. The predicted molar refractivity (Wildman–Crippen MR) is 115 cm³/mol. The van der Waals surface area contributed by atoms with Crippen molar-refractivity contribution in [3.63, 3.8) is 0 Å². The highest BCUT2D eigenvalue weighted by molar-refractivity contribution is 6.07. The molecule has 1 aromatic heterocycles. The molecule has 0 unspecified atom stereocenters. The molecule has 4 rings (SSSR count). The molecular formula is C23H23FN4O3. The lowest BCUT2D eigenvalue weighted by molar-refractivity contribution is 0.0996. The van der Waals surface area contributed by atoms with Crippen LogP contribution in [-0.4, -0.2) is 29.4 Å². The molecule has 1 aliphatic heterocycles. The molecule has 31 heavy (non-hydrogen) atoms. The minimum Gasteiger partial charge on any atom is -0.443 e. The number of primary amides is 1. The van der Waals surface area contributed by atoms with Crippen molar-refractivity contribution in [1.29, 1.82) is 0 Å². The summed E-state index contributed by atoms with van der Waals surface area (Å²) in [5.41, 5.74) is 7.76. The fourth-order valence-corrected chi connectivity index (χ4v) is 3.92. The Kier molecular flexibility index (Phi) is 5.70. The summed E-state index contributed by atoms with van der Waals surface area (Å²) < 4.78 is 18.5. The average Bonchev–Trinajstić information content (AvgIpc) is 3.25. The van der Waals surface area contributed by atoms with Gasteiger partial charge in [0.15, 0.2) is 17.8 Å². The average molecular weight is 422 g/mol. The van der Waals surface area contributed by atoms with E-state index in [1.54, 1.807) is 18.2 Å². The molecule has 7 nitrogen and oxygen atoms in total. The molecule has 0 spiro atoms. The van der Waals surface area contributed by atoms with Gasteiger partial charge in [0.05, 0.1) is 5.56 Å². The Morgan fingerprint density at radius 1 is 1.19 bits per heavy atom. The van der Waals surface area contributed by atoms with Crippen LogP contribution in [0.4, 0.5) is 15.8 Å². The minimum atomic E-state index is -0.558. The van der Waals surface area contributed by atoms with E-state index >= 15 is 0 Å². The molecular weight excluding hydrogens is 399 g/mol. The third-order valence-electron chi connectivity index (χ3n) is 5.52. The number of anilines is 2. The molecule has 2 aromatic carbocycles. The van der Waals surface area contributed by atoms with Gasteiger partial charge >= 0.3 is 0 Å². The highest BCUT2D eigenvalue weighted by Crippen LogP contribution is 2.30. The van der Waals surface area contributed by atoms with Crippen LogP contribution in [-0.2, 0) is 0 Å². The van der Waals surface area contributed by atoms with Crippen molar-refractivity contribution in [2.24, 2.45) is 5.73 Å². The normalized spacial score (nSPS) is 16.2. The number of benzene rings is 2. The van der Waals surface area contributed by atoms with Crippen LogP contribution in [0.25, 0.3) is 11.3 Å². The molecule has 0 saturated carbocycles. The van der Waals surface area contributed by atoms with E-state index < -0.39 is 17.6 Å². The SMILES string of the molecule is C[C@H]1CCCCN1c1ccc(NC(=O)c2ncoc2-c2ccc(F)cc2)cc1C(N)=O. The summed E-state index contributed by atoms with van der Waals surface area (Å²) in [5.74, 6) is -1.23. The zero-order valence-corrected chi connectivity index (χ0v) is 17.1. The Labute approximate surface area is 179 Å². The van der Waals surface area contributed by atoms with E-state index in [0.29, 0.717) is 22.9 Å². The largest absolute Gasteiger partial charge is 0.443 e. The molecule has 160 valence electrons.